The summed E-state index contributed by atoms with van der Waals surface area (Å²) < 4.78 is 39.7. The van der Waals surface area contributed by atoms with Gasteiger partial charge in [0.15, 0.2) is 5.76 Å². The third-order valence-electron chi connectivity index (χ3n) is 8.23. The number of anilines is 1. The molecule has 2 heterocycles. The van der Waals surface area contributed by atoms with Crippen LogP contribution in [0.3, 0.4) is 0 Å². The van der Waals surface area contributed by atoms with Crippen molar-refractivity contribution < 1.29 is 32.4 Å². The van der Waals surface area contributed by atoms with Crippen molar-refractivity contribution in [2.45, 2.75) is 83.3 Å². The number of aliphatic hydroxyl groups is 1. The zero-order chi connectivity index (χ0) is 29.9. The van der Waals surface area contributed by atoms with Gasteiger partial charge in [0, 0.05) is 36.7 Å². The maximum Gasteiger partial charge on any atom is 0.248 e. The molecule has 12 heteroatoms. The Morgan fingerprint density at radius 2 is 1.95 bits per heavy atom. The lowest BCUT2D eigenvalue weighted by molar-refractivity contribution is -0.134. The molecule has 41 heavy (non-hydrogen) atoms. The lowest BCUT2D eigenvalue weighted by Crippen LogP contribution is -2.48. The van der Waals surface area contributed by atoms with Crippen LogP contribution >= 0.6 is 0 Å². The highest BCUT2D eigenvalue weighted by molar-refractivity contribution is 7.89. The first kappa shape index (κ1) is 31.0. The molecule has 3 atom stereocenters. The average Bonchev–Trinajstić information content (AvgIpc) is 3.31. The number of sulfonamides is 1. The third kappa shape index (κ3) is 6.92. The predicted octanol–water partition coefficient (Wildman–Crippen LogP) is 3.28. The first-order chi connectivity index (χ1) is 19.4. The second-order valence-electron chi connectivity index (χ2n) is 11.5. The van der Waals surface area contributed by atoms with Crippen LogP contribution in [0.15, 0.2) is 27.6 Å². The smallest absolute Gasteiger partial charge is 0.248 e. The Balaban J connectivity index is 1.64. The Labute approximate surface area is 242 Å². The van der Waals surface area contributed by atoms with E-state index in [1.807, 2.05) is 6.92 Å². The highest BCUT2D eigenvalue weighted by Gasteiger charge is 2.35. The minimum Gasteiger partial charge on any atom is -0.488 e. The van der Waals surface area contributed by atoms with Crippen molar-refractivity contribution >= 4 is 27.5 Å². The molecule has 1 aromatic heterocycles. The number of hydrogen-bond acceptors (Lipinski definition) is 8. The van der Waals surface area contributed by atoms with Crippen molar-refractivity contribution in [2.75, 3.05) is 32.1 Å². The van der Waals surface area contributed by atoms with E-state index < -0.39 is 22.2 Å². The molecule has 1 saturated carbocycles. The van der Waals surface area contributed by atoms with E-state index in [-0.39, 0.29) is 66.1 Å². The molecule has 2 aliphatic rings. The Morgan fingerprint density at radius 3 is 2.59 bits per heavy atom. The van der Waals surface area contributed by atoms with Crippen LogP contribution in [0, 0.1) is 25.7 Å². The summed E-state index contributed by atoms with van der Waals surface area (Å²) in [5, 5.41) is 16.7. The summed E-state index contributed by atoms with van der Waals surface area (Å²) >= 11 is 0. The summed E-state index contributed by atoms with van der Waals surface area (Å²) in [6.45, 7) is 6.86. The number of hydrogen-bond donors (Lipinski definition) is 2. The molecule has 0 radical (unpaired) electrons. The van der Waals surface area contributed by atoms with E-state index in [0.29, 0.717) is 17.0 Å². The van der Waals surface area contributed by atoms with Crippen LogP contribution in [0.5, 0.6) is 5.75 Å². The summed E-state index contributed by atoms with van der Waals surface area (Å²) in [5.74, 6) is 0.150. The van der Waals surface area contributed by atoms with Crippen molar-refractivity contribution in [3.63, 3.8) is 0 Å². The van der Waals surface area contributed by atoms with Gasteiger partial charge in [0.1, 0.15) is 22.4 Å². The molecule has 11 nitrogen and oxygen atoms in total. The van der Waals surface area contributed by atoms with Crippen molar-refractivity contribution in [3.05, 3.63) is 35.2 Å². The Kier molecular flexibility index (Phi) is 9.76. The van der Waals surface area contributed by atoms with E-state index in [1.54, 1.807) is 43.9 Å². The average molecular weight is 591 g/mol. The fourth-order valence-corrected chi connectivity index (χ4v) is 7.15. The van der Waals surface area contributed by atoms with E-state index >= 15 is 0 Å². The van der Waals surface area contributed by atoms with Crippen LogP contribution in [0.4, 0.5) is 5.69 Å². The van der Waals surface area contributed by atoms with Crippen LogP contribution < -0.4 is 10.1 Å². The molecular formula is C29H42N4O7S. The molecule has 1 fully saturated rings. The topological polar surface area (TPSA) is 142 Å². The van der Waals surface area contributed by atoms with Crippen LogP contribution in [-0.2, 0) is 26.0 Å². The molecule has 2 aromatic rings. The number of nitrogens with one attached hydrogen (secondary N) is 1. The number of likely N-dealkylation sites (N-methyl/N-ethyl adjacent to an activating group) is 1. The van der Waals surface area contributed by atoms with E-state index in [9.17, 15) is 23.1 Å². The highest BCUT2D eigenvalue weighted by atomic mass is 32.2. The van der Waals surface area contributed by atoms with Gasteiger partial charge in [-0.1, -0.05) is 31.3 Å². The zero-order valence-corrected chi connectivity index (χ0v) is 25.4. The summed E-state index contributed by atoms with van der Waals surface area (Å²) in [4.78, 5) is 28.0. The molecule has 4 rings (SSSR count). The number of carbonyl (C=O) groups excluding carboxylic acids is 2. The molecule has 1 aliphatic carbocycles. The maximum atomic E-state index is 13.5. The molecule has 0 bridgehead atoms. The normalized spacial score (nSPS) is 21.4. The van der Waals surface area contributed by atoms with Gasteiger partial charge >= 0.3 is 0 Å². The first-order valence-corrected chi connectivity index (χ1v) is 15.8. The Morgan fingerprint density at radius 1 is 1.24 bits per heavy atom. The summed E-state index contributed by atoms with van der Waals surface area (Å²) in [5.41, 5.74) is 1.45. The van der Waals surface area contributed by atoms with Gasteiger partial charge in [-0.25, -0.2) is 8.42 Å². The molecule has 1 aliphatic heterocycles. The number of nitrogens with zero attached hydrogens (tertiary/aromatic N) is 3. The van der Waals surface area contributed by atoms with Gasteiger partial charge in [0.25, 0.3) is 0 Å². The van der Waals surface area contributed by atoms with Gasteiger partial charge < -0.3 is 24.6 Å². The molecule has 0 saturated heterocycles. The van der Waals surface area contributed by atoms with Gasteiger partial charge in [-0.3, -0.25) is 9.59 Å². The predicted molar refractivity (Wildman–Crippen MR) is 153 cm³/mol. The number of benzene rings is 1. The molecule has 2 N–H and O–H groups in total. The van der Waals surface area contributed by atoms with Gasteiger partial charge in [-0.15, -0.1) is 0 Å². The molecular weight excluding hydrogens is 548 g/mol. The number of ether oxygens (including phenoxy) is 1. The van der Waals surface area contributed by atoms with Crippen molar-refractivity contribution in [3.8, 4) is 5.75 Å². The monoisotopic (exact) mass is 590 g/mol. The number of aliphatic hydroxyl groups excluding tert-OH is 1. The minimum absolute atomic E-state index is 0.00268. The number of fused-ring (bicyclic) bond motifs is 1. The Hall–Kier alpha value is -2.96. The Bertz CT molecular complexity index is 1330. The van der Waals surface area contributed by atoms with Gasteiger partial charge in [-0.05, 0) is 51.8 Å². The van der Waals surface area contributed by atoms with Crippen LogP contribution in [0.1, 0.15) is 63.0 Å². The van der Waals surface area contributed by atoms with Crippen molar-refractivity contribution in [1.82, 2.24) is 14.4 Å². The summed E-state index contributed by atoms with van der Waals surface area (Å²) in [7, 11) is -2.45. The van der Waals surface area contributed by atoms with Crippen LogP contribution in [0.2, 0.25) is 0 Å². The molecule has 226 valence electrons. The zero-order valence-electron chi connectivity index (χ0n) is 24.6. The second kappa shape index (κ2) is 12.9. The number of aryl methyl sites for hydroxylation is 2. The molecule has 0 spiro atoms. The van der Waals surface area contributed by atoms with Crippen LogP contribution in [-0.4, -0.2) is 78.6 Å². The molecule has 1 aromatic carbocycles. The van der Waals surface area contributed by atoms with E-state index in [1.165, 1.54) is 11.4 Å². The summed E-state index contributed by atoms with van der Waals surface area (Å²) in [6.07, 6.45) is 4.37. The fourth-order valence-electron chi connectivity index (χ4n) is 5.68. The van der Waals surface area contributed by atoms with Gasteiger partial charge in [0.05, 0.1) is 25.6 Å². The highest BCUT2D eigenvalue weighted by Crippen LogP contribution is 2.31. The number of aromatic nitrogens is 1. The number of carbonyl (C=O) groups is 2. The first-order valence-electron chi connectivity index (χ1n) is 14.3. The van der Waals surface area contributed by atoms with Gasteiger partial charge in [0.2, 0.25) is 21.8 Å². The van der Waals surface area contributed by atoms with E-state index in [0.717, 1.165) is 32.1 Å². The molecule has 0 unspecified atom stereocenters. The lowest BCUT2D eigenvalue weighted by atomic mass is 9.88. The minimum atomic E-state index is -3.93. The van der Waals surface area contributed by atoms with E-state index in [4.69, 9.17) is 9.26 Å². The third-order valence-corrected chi connectivity index (χ3v) is 10.3. The fraction of sp³-hybridized carbons (Fsp3) is 0.621. The van der Waals surface area contributed by atoms with Crippen molar-refractivity contribution in [2.24, 2.45) is 11.8 Å². The van der Waals surface area contributed by atoms with Gasteiger partial charge in [-0.2, -0.15) is 4.31 Å². The van der Waals surface area contributed by atoms with E-state index in [2.05, 4.69) is 10.5 Å². The second-order valence-corrected chi connectivity index (χ2v) is 13.5. The largest absolute Gasteiger partial charge is 0.488 e. The maximum absolute atomic E-state index is 13.5. The lowest BCUT2D eigenvalue weighted by Gasteiger charge is -2.33. The van der Waals surface area contributed by atoms with Crippen molar-refractivity contribution in [1.29, 1.82) is 0 Å². The quantitative estimate of drug-likeness (QED) is 0.477. The standard InChI is InChI=1S/C29H42N4O7S/c1-18-15-33(19(2)17-34)27(35)14-23-13-24(30-29(36)22-9-7-6-8-10-22)11-12-25(23)39-26(18)16-32(5)41(37,38)28-20(3)31-40-21(28)4/h11-13,18-19,22,26,34H,6-10,14-17H2,1-5H3,(H,30,36)/t18-,19-,26+/m0/s1. The number of rotatable bonds is 8. The van der Waals surface area contributed by atoms with Crippen LogP contribution in [0.25, 0.3) is 0 Å². The SMILES string of the molecule is Cc1noc(C)c1S(=O)(=O)N(C)C[C@H]1Oc2ccc(NC(=O)C3CCCCC3)cc2CC(=O)N([C@@H](C)CO)C[C@@H]1C. The molecule has 2 amide bonds. The summed E-state index contributed by atoms with van der Waals surface area (Å²) in [6, 6.07) is 4.80. The number of amides is 2.